The highest BCUT2D eigenvalue weighted by Crippen LogP contribution is 2.36. The summed E-state index contributed by atoms with van der Waals surface area (Å²) >= 11 is 0. The van der Waals surface area contributed by atoms with Crippen molar-refractivity contribution in [3.05, 3.63) is 59.3 Å². The van der Waals surface area contributed by atoms with Crippen molar-refractivity contribution in [1.82, 2.24) is 10.3 Å². The minimum atomic E-state index is -1.02. The third-order valence-electron chi connectivity index (χ3n) is 4.73. The highest BCUT2D eigenvalue weighted by molar-refractivity contribution is 5.85. The summed E-state index contributed by atoms with van der Waals surface area (Å²) < 4.78 is 10.7. The Kier molecular flexibility index (Phi) is 4.26. The van der Waals surface area contributed by atoms with Gasteiger partial charge in [0.25, 0.3) is 0 Å². The van der Waals surface area contributed by atoms with E-state index in [0.29, 0.717) is 11.5 Å². The zero-order valence-corrected chi connectivity index (χ0v) is 14.4. The molecule has 0 aliphatic carbocycles. The topological polar surface area (TPSA) is 83.6 Å². The van der Waals surface area contributed by atoms with Crippen LogP contribution < -0.4 is 14.8 Å². The van der Waals surface area contributed by atoms with Gasteiger partial charge in [-0.1, -0.05) is 24.3 Å². The van der Waals surface area contributed by atoms with Crippen molar-refractivity contribution < 1.29 is 19.4 Å². The summed E-state index contributed by atoms with van der Waals surface area (Å²) in [4.78, 5) is 14.3. The van der Waals surface area contributed by atoms with Crippen LogP contribution in [0.1, 0.15) is 22.9 Å². The first-order valence-electron chi connectivity index (χ1n) is 8.52. The van der Waals surface area contributed by atoms with E-state index in [0.717, 1.165) is 24.0 Å². The monoisotopic (exact) mass is 352 g/mol. The number of ether oxygens (including phenoxy) is 2. The highest BCUT2D eigenvalue weighted by Gasteiger charge is 2.26. The number of aliphatic carboxylic acids is 1. The van der Waals surface area contributed by atoms with Gasteiger partial charge in [-0.2, -0.15) is 0 Å². The standard InChI is InChI=1S/C20H20N2O4/c1-25-17-10-12(6-7-16(17)26-11-18(23)24)19-20-14(8-9-21-19)13-4-2-3-5-15(13)22-20/h2-7,10,19,21-22H,8-9,11H2,1H3,(H,23,24). The zero-order chi connectivity index (χ0) is 18.1. The van der Waals surface area contributed by atoms with Gasteiger partial charge < -0.3 is 24.9 Å². The van der Waals surface area contributed by atoms with Gasteiger partial charge in [0.2, 0.25) is 0 Å². The molecule has 134 valence electrons. The molecule has 0 saturated carbocycles. The molecule has 0 fully saturated rings. The van der Waals surface area contributed by atoms with Crippen LogP contribution in [-0.2, 0) is 11.2 Å². The smallest absolute Gasteiger partial charge is 0.341 e. The molecule has 4 rings (SSSR count). The number of rotatable bonds is 5. The molecule has 1 aliphatic heterocycles. The average molecular weight is 352 g/mol. The Morgan fingerprint density at radius 1 is 1.23 bits per heavy atom. The SMILES string of the molecule is COc1cc(C2NCCc3c2[nH]c2ccccc32)ccc1OCC(=O)O. The summed E-state index contributed by atoms with van der Waals surface area (Å²) in [5.74, 6) is -0.0760. The molecular weight excluding hydrogens is 332 g/mol. The van der Waals surface area contributed by atoms with Crippen LogP contribution in [0.4, 0.5) is 0 Å². The Morgan fingerprint density at radius 3 is 2.88 bits per heavy atom. The van der Waals surface area contributed by atoms with Crippen LogP contribution in [0.25, 0.3) is 10.9 Å². The van der Waals surface area contributed by atoms with Gasteiger partial charge in [0.1, 0.15) is 0 Å². The number of hydrogen-bond acceptors (Lipinski definition) is 4. The summed E-state index contributed by atoms with van der Waals surface area (Å²) in [7, 11) is 1.55. The normalized spacial score (nSPS) is 16.3. The summed E-state index contributed by atoms with van der Waals surface area (Å²) in [6.45, 7) is 0.489. The number of benzene rings is 2. The molecule has 1 aromatic heterocycles. The Labute approximate surface area is 150 Å². The van der Waals surface area contributed by atoms with Crippen molar-refractivity contribution in [3.8, 4) is 11.5 Å². The molecule has 0 saturated heterocycles. The second kappa shape index (κ2) is 6.72. The number of aromatic amines is 1. The lowest BCUT2D eigenvalue weighted by Crippen LogP contribution is -2.30. The number of aromatic nitrogens is 1. The molecule has 0 radical (unpaired) electrons. The minimum absolute atomic E-state index is 0.0218. The Bertz CT molecular complexity index is 964. The lowest BCUT2D eigenvalue weighted by Gasteiger charge is -2.25. The van der Waals surface area contributed by atoms with Crippen molar-refractivity contribution in [3.63, 3.8) is 0 Å². The van der Waals surface area contributed by atoms with Crippen molar-refractivity contribution in [2.45, 2.75) is 12.5 Å². The summed E-state index contributed by atoms with van der Waals surface area (Å²) in [5.41, 5.74) is 4.69. The number of nitrogens with one attached hydrogen (secondary N) is 2. The van der Waals surface area contributed by atoms with Crippen LogP contribution >= 0.6 is 0 Å². The predicted molar refractivity (Wildman–Crippen MR) is 98.0 cm³/mol. The van der Waals surface area contributed by atoms with E-state index in [9.17, 15) is 4.79 Å². The summed E-state index contributed by atoms with van der Waals surface area (Å²) in [6.07, 6.45) is 0.979. The molecule has 1 aliphatic rings. The second-order valence-corrected chi connectivity index (χ2v) is 6.29. The first-order chi connectivity index (χ1) is 12.7. The largest absolute Gasteiger partial charge is 0.493 e. The van der Waals surface area contributed by atoms with E-state index in [-0.39, 0.29) is 6.04 Å². The van der Waals surface area contributed by atoms with Crippen LogP contribution in [0.5, 0.6) is 11.5 Å². The van der Waals surface area contributed by atoms with Gasteiger partial charge in [0.05, 0.1) is 13.2 Å². The zero-order valence-electron chi connectivity index (χ0n) is 14.4. The lowest BCUT2D eigenvalue weighted by molar-refractivity contribution is -0.139. The first kappa shape index (κ1) is 16.5. The van der Waals surface area contributed by atoms with E-state index in [4.69, 9.17) is 14.6 Å². The van der Waals surface area contributed by atoms with E-state index >= 15 is 0 Å². The fourth-order valence-electron chi connectivity index (χ4n) is 3.59. The van der Waals surface area contributed by atoms with E-state index < -0.39 is 12.6 Å². The number of fused-ring (bicyclic) bond motifs is 3. The molecule has 26 heavy (non-hydrogen) atoms. The molecule has 3 N–H and O–H groups in total. The second-order valence-electron chi connectivity index (χ2n) is 6.29. The predicted octanol–water partition coefficient (Wildman–Crippen LogP) is 2.88. The Hall–Kier alpha value is -2.99. The number of carboxylic acids is 1. The number of carboxylic acid groups (broad SMARTS) is 1. The van der Waals surface area contributed by atoms with Gasteiger partial charge >= 0.3 is 5.97 Å². The van der Waals surface area contributed by atoms with E-state index in [2.05, 4.69) is 28.5 Å². The number of carbonyl (C=O) groups is 1. The maximum Gasteiger partial charge on any atom is 0.341 e. The highest BCUT2D eigenvalue weighted by atomic mass is 16.5. The summed E-state index contributed by atoms with van der Waals surface area (Å²) in [5, 5.41) is 13.6. The van der Waals surface area contributed by atoms with Gasteiger partial charge in [-0.05, 0) is 35.7 Å². The molecule has 1 unspecified atom stereocenters. The third-order valence-corrected chi connectivity index (χ3v) is 4.73. The quantitative estimate of drug-likeness (QED) is 0.658. The van der Waals surface area contributed by atoms with Crippen LogP contribution in [0.2, 0.25) is 0 Å². The number of para-hydroxylation sites is 1. The maximum atomic E-state index is 10.7. The fourth-order valence-corrected chi connectivity index (χ4v) is 3.59. The van der Waals surface area contributed by atoms with Gasteiger partial charge in [-0.15, -0.1) is 0 Å². The maximum absolute atomic E-state index is 10.7. The first-order valence-corrected chi connectivity index (χ1v) is 8.52. The molecule has 0 bridgehead atoms. The number of H-pyrrole nitrogens is 1. The molecule has 2 heterocycles. The Balaban J connectivity index is 1.71. The molecule has 0 amide bonds. The number of hydrogen-bond donors (Lipinski definition) is 3. The van der Waals surface area contributed by atoms with Gasteiger partial charge in [-0.25, -0.2) is 4.79 Å². The van der Waals surface area contributed by atoms with Crippen molar-refractivity contribution in [2.75, 3.05) is 20.3 Å². The van der Waals surface area contributed by atoms with Crippen molar-refractivity contribution in [1.29, 1.82) is 0 Å². The Morgan fingerprint density at radius 2 is 2.08 bits per heavy atom. The van der Waals surface area contributed by atoms with E-state index in [1.807, 2.05) is 18.2 Å². The van der Waals surface area contributed by atoms with Gasteiger partial charge in [0.15, 0.2) is 18.1 Å². The summed E-state index contributed by atoms with van der Waals surface area (Å²) in [6, 6.07) is 14.0. The average Bonchev–Trinajstić information content (AvgIpc) is 3.05. The minimum Gasteiger partial charge on any atom is -0.493 e. The van der Waals surface area contributed by atoms with Crippen LogP contribution in [0, 0.1) is 0 Å². The third kappa shape index (κ3) is 2.88. The van der Waals surface area contributed by atoms with Crippen LogP contribution in [-0.4, -0.2) is 36.3 Å². The van der Waals surface area contributed by atoms with Gasteiger partial charge in [0, 0.05) is 23.1 Å². The molecule has 6 nitrogen and oxygen atoms in total. The van der Waals surface area contributed by atoms with E-state index in [1.165, 1.54) is 16.6 Å². The molecule has 6 heteroatoms. The van der Waals surface area contributed by atoms with Crippen molar-refractivity contribution >= 4 is 16.9 Å². The fraction of sp³-hybridized carbons (Fsp3) is 0.250. The van der Waals surface area contributed by atoms with Crippen LogP contribution in [0.15, 0.2) is 42.5 Å². The lowest BCUT2D eigenvalue weighted by atomic mass is 9.94. The number of methoxy groups -OCH3 is 1. The van der Waals surface area contributed by atoms with Crippen molar-refractivity contribution in [2.24, 2.45) is 0 Å². The molecule has 1 atom stereocenters. The molecule has 3 aromatic rings. The van der Waals surface area contributed by atoms with Crippen LogP contribution in [0.3, 0.4) is 0 Å². The van der Waals surface area contributed by atoms with E-state index in [1.54, 1.807) is 13.2 Å². The van der Waals surface area contributed by atoms with Gasteiger partial charge in [-0.3, -0.25) is 0 Å². The molecule has 2 aromatic carbocycles. The molecule has 0 spiro atoms. The molecular formula is C20H20N2O4.